The summed E-state index contributed by atoms with van der Waals surface area (Å²) in [6.07, 6.45) is 3.94. The minimum Gasteiger partial charge on any atom is -0.376 e. The van der Waals surface area contributed by atoms with Crippen LogP contribution in [0, 0.1) is 11.3 Å². The summed E-state index contributed by atoms with van der Waals surface area (Å²) in [4.78, 5) is 2.63. The third-order valence-electron chi connectivity index (χ3n) is 3.47. The summed E-state index contributed by atoms with van der Waals surface area (Å²) in [5.74, 6) is 0.878. The fraction of sp³-hybridized carbons (Fsp3) is 1.00. The molecule has 1 saturated heterocycles. The molecule has 0 atom stereocenters. The molecule has 0 N–H and O–H groups in total. The Bertz CT molecular complexity index is 228. The SMILES string of the molecule is CC(C)(C)CN1CCC(CCOC(C)(C)C)CC1. The fourth-order valence-corrected chi connectivity index (χ4v) is 2.64. The molecule has 0 spiro atoms. The van der Waals surface area contributed by atoms with Crippen LogP contribution in [-0.4, -0.2) is 36.7 Å². The number of ether oxygens (including phenoxy) is 1. The summed E-state index contributed by atoms with van der Waals surface area (Å²) in [6, 6.07) is 0. The number of likely N-dealkylation sites (tertiary alicyclic amines) is 1. The Balaban J connectivity index is 2.16. The fourth-order valence-electron chi connectivity index (χ4n) is 2.64. The Morgan fingerprint density at radius 2 is 1.56 bits per heavy atom. The van der Waals surface area contributed by atoms with Crippen molar-refractivity contribution in [2.24, 2.45) is 11.3 Å². The summed E-state index contributed by atoms with van der Waals surface area (Å²) in [7, 11) is 0. The van der Waals surface area contributed by atoms with Gasteiger partial charge in [0.15, 0.2) is 0 Å². The molecule has 0 amide bonds. The van der Waals surface area contributed by atoms with Gasteiger partial charge in [-0.3, -0.25) is 0 Å². The second-order valence-electron chi connectivity index (χ2n) is 8.03. The maximum absolute atomic E-state index is 5.83. The zero-order valence-corrected chi connectivity index (χ0v) is 13.4. The van der Waals surface area contributed by atoms with Crippen LogP contribution < -0.4 is 0 Å². The van der Waals surface area contributed by atoms with Crippen LogP contribution >= 0.6 is 0 Å². The Hall–Kier alpha value is -0.0800. The van der Waals surface area contributed by atoms with E-state index in [1.54, 1.807) is 0 Å². The molecule has 0 aromatic carbocycles. The van der Waals surface area contributed by atoms with Gasteiger partial charge in [-0.15, -0.1) is 0 Å². The third kappa shape index (κ3) is 7.38. The van der Waals surface area contributed by atoms with Crippen LogP contribution in [0.3, 0.4) is 0 Å². The molecule has 1 aliphatic heterocycles. The van der Waals surface area contributed by atoms with Crippen LogP contribution in [0.15, 0.2) is 0 Å². The quantitative estimate of drug-likeness (QED) is 0.754. The van der Waals surface area contributed by atoms with Gasteiger partial charge in [0, 0.05) is 13.2 Å². The van der Waals surface area contributed by atoms with Crippen molar-refractivity contribution in [1.82, 2.24) is 4.90 Å². The normalized spacial score (nSPS) is 20.3. The van der Waals surface area contributed by atoms with Crippen LogP contribution in [0.25, 0.3) is 0 Å². The van der Waals surface area contributed by atoms with E-state index in [4.69, 9.17) is 4.74 Å². The van der Waals surface area contributed by atoms with Crippen molar-refractivity contribution in [2.75, 3.05) is 26.2 Å². The van der Waals surface area contributed by atoms with Crippen molar-refractivity contribution >= 4 is 0 Å². The summed E-state index contributed by atoms with van der Waals surface area (Å²) in [6.45, 7) is 18.1. The van der Waals surface area contributed by atoms with E-state index >= 15 is 0 Å². The van der Waals surface area contributed by atoms with E-state index < -0.39 is 0 Å². The van der Waals surface area contributed by atoms with Gasteiger partial charge in [-0.2, -0.15) is 0 Å². The van der Waals surface area contributed by atoms with Crippen molar-refractivity contribution in [1.29, 1.82) is 0 Å². The van der Waals surface area contributed by atoms with Crippen LogP contribution in [0.1, 0.15) is 60.8 Å². The number of hydrogen-bond donors (Lipinski definition) is 0. The average molecular weight is 255 g/mol. The Morgan fingerprint density at radius 3 is 2.00 bits per heavy atom. The van der Waals surface area contributed by atoms with E-state index in [2.05, 4.69) is 46.4 Å². The van der Waals surface area contributed by atoms with E-state index in [0.29, 0.717) is 5.41 Å². The lowest BCUT2D eigenvalue weighted by Gasteiger charge is -2.36. The van der Waals surface area contributed by atoms with Crippen LogP contribution in [0.2, 0.25) is 0 Å². The summed E-state index contributed by atoms with van der Waals surface area (Å²) in [5.41, 5.74) is 0.453. The molecule has 0 radical (unpaired) electrons. The van der Waals surface area contributed by atoms with Gasteiger partial charge in [0.1, 0.15) is 0 Å². The number of nitrogens with zero attached hydrogens (tertiary/aromatic N) is 1. The first-order valence-electron chi connectivity index (χ1n) is 7.52. The monoisotopic (exact) mass is 255 g/mol. The van der Waals surface area contributed by atoms with Gasteiger partial charge in [0.05, 0.1) is 5.60 Å². The number of hydrogen-bond acceptors (Lipinski definition) is 2. The minimum atomic E-state index is 0.0208. The lowest BCUT2D eigenvalue weighted by Crippen LogP contribution is -2.39. The van der Waals surface area contributed by atoms with Gasteiger partial charge < -0.3 is 9.64 Å². The highest BCUT2D eigenvalue weighted by atomic mass is 16.5. The van der Waals surface area contributed by atoms with Crippen molar-refractivity contribution in [3.05, 3.63) is 0 Å². The molecular formula is C16H33NO. The Labute approximate surface area is 114 Å². The molecule has 2 heteroatoms. The maximum atomic E-state index is 5.83. The third-order valence-corrected chi connectivity index (χ3v) is 3.47. The highest BCUT2D eigenvalue weighted by molar-refractivity contribution is 4.76. The molecule has 0 saturated carbocycles. The zero-order valence-electron chi connectivity index (χ0n) is 13.4. The standard InChI is InChI=1S/C16H33NO/c1-15(2,3)13-17-10-7-14(8-11-17)9-12-18-16(4,5)6/h14H,7-13H2,1-6H3. The molecule has 0 bridgehead atoms. The zero-order chi connectivity index (χ0) is 13.8. The maximum Gasteiger partial charge on any atom is 0.0598 e. The molecule has 0 aromatic heterocycles. The molecule has 1 fully saturated rings. The minimum absolute atomic E-state index is 0.0208. The molecule has 108 valence electrons. The lowest BCUT2D eigenvalue weighted by atomic mass is 9.90. The van der Waals surface area contributed by atoms with Crippen molar-refractivity contribution in [2.45, 2.75) is 66.4 Å². The summed E-state index contributed by atoms with van der Waals surface area (Å²) < 4.78 is 5.83. The van der Waals surface area contributed by atoms with Gasteiger partial charge in [-0.1, -0.05) is 20.8 Å². The van der Waals surface area contributed by atoms with Gasteiger partial charge in [-0.05, 0) is 64.5 Å². The predicted molar refractivity (Wildman–Crippen MR) is 78.9 cm³/mol. The first kappa shape index (κ1) is 16.0. The smallest absolute Gasteiger partial charge is 0.0598 e. The van der Waals surface area contributed by atoms with Crippen molar-refractivity contribution in [3.63, 3.8) is 0 Å². The van der Waals surface area contributed by atoms with Crippen molar-refractivity contribution < 1.29 is 4.74 Å². The largest absolute Gasteiger partial charge is 0.376 e. The average Bonchev–Trinajstić information content (AvgIpc) is 2.16. The number of piperidine rings is 1. The molecule has 0 unspecified atom stereocenters. The molecule has 1 heterocycles. The second-order valence-corrected chi connectivity index (χ2v) is 8.03. The van der Waals surface area contributed by atoms with E-state index in [0.717, 1.165) is 12.5 Å². The van der Waals surface area contributed by atoms with E-state index in [-0.39, 0.29) is 5.60 Å². The van der Waals surface area contributed by atoms with Crippen molar-refractivity contribution in [3.8, 4) is 0 Å². The predicted octanol–water partition coefficient (Wildman–Crippen LogP) is 3.95. The van der Waals surface area contributed by atoms with Crippen LogP contribution in [0.5, 0.6) is 0 Å². The van der Waals surface area contributed by atoms with Gasteiger partial charge in [-0.25, -0.2) is 0 Å². The topological polar surface area (TPSA) is 12.5 Å². The van der Waals surface area contributed by atoms with E-state index in [9.17, 15) is 0 Å². The molecule has 2 nitrogen and oxygen atoms in total. The first-order valence-corrected chi connectivity index (χ1v) is 7.52. The Kier molecular flexibility index (Phi) is 5.67. The summed E-state index contributed by atoms with van der Waals surface area (Å²) in [5, 5.41) is 0. The molecular weight excluding hydrogens is 222 g/mol. The van der Waals surface area contributed by atoms with Gasteiger partial charge in [0.25, 0.3) is 0 Å². The number of rotatable bonds is 4. The highest BCUT2D eigenvalue weighted by Gasteiger charge is 2.23. The highest BCUT2D eigenvalue weighted by Crippen LogP contribution is 2.24. The lowest BCUT2D eigenvalue weighted by molar-refractivity contribution is -0.0131. The van der Waals surface area contributed by atoms with Crippen LogP contribution in [0.4, 0.5) is 0 Å². The van der Waals surface area contributed by atoms with E-state index in [1.165, 1.54) is 38.9 Å². The molecule has 0 aromatic rings. The summed E-state index contributed by atoms with van der Waals surface area (Å²) >= 11 is 0. The molecule has 1 rings (SSSR count). The molecule has 1 aliphatic rings. The van der Waals surface area contributed by atoms with Gasteiger partial charge in [0.2, 0.25) is 0 Å². The molecule has 0 aliphatic carbocycles. The molecule has 18 heavy (non-hydrogen) atoms. The van der Waals surface area contributed by atoms with Crippen LogP contribution in [-0.2, 0) is 4.74 Å². The first-order chi connectivity index (χ1) is 8.16. The Morgan fingerprint density at radius 1 is 1.00 bits per heavy atom. The second kappa shape index (κ2) is 6.38. The van der Waals surface area contributed by atoms with Gasteiger partial charge >= 0.3 is 0 Å². The van der Waals surface area contributed by atoms with E-state index in [1.807, 2.05) is 0 Å².